The van der Waals surface area contributed by atoms with Crippen molar-refractivity contribution in [3.63, 3.8) is 0 Å². The van der Waals surface area contributed by atoms with Gasteiger partial charge in [0.2, 0.25) is 0 Å². The minimum Gasteiger partial charge on any atom is -0.489 e. The third kappa shape index (κ3) is 6.43. The third-order valence-electron chi connectivity index (χ3n) is 4.93. The van der Waals surface area contributed by atoms with Crippen molar-refractivity contribution < 1.29 is 9.53 Å². The number of hydrogen-bond acceptors (Lipinski definition) is 3. The number of hydrazone groups is 1. The zero-order valence-electron chi connectivity index (χ0n) is 18.3. The highest BCUT2D eigenvalue weighted by Crippen LogP contribution is 2.22. The van der Waals surface area contributed by atoms with Gasteiger partial charge >= 0.3 is 0 Å². The normalized spacial score (nSPS) is 11.8. The van der Waals surface area contributed by atoms with Gasteiger partial charge in [0.15, 0.2) is 0 Å². The first-order valence-corrected chi connectivity index (χ1v) is 10.5. The highest BCUT2D eigenvalue weighted by atomic mass is 35.5. The summed E-state index contributed by atoms with van der Waals surface area (Å²) < 4.78 is 5.75. The van der Waals surface area contributed by atoms with Crippen LogP contribution < -0.4 is 10.2 Å². The van der Waals surface area contributed by atoms with Gasteiger partial charge in [-0.05, 0) is 65.4 Å². The number of carbonyl (C=O) groups is 1. The number of nitrogens with one attached hydrogen (secondary N) is 1. The molecule has 0 aliphatic rings. The maximum Gasteiger partial charge on any atom is 0.271 e. The highest BCUT2D eigenvalue weighted by molar-refractivity contribution is 6.30. The van der Waals surface area contributed by atoms with Crippen molar-refractivity contribution in [2.45, 2.75) is 39.7 Å². The molecule has 0 fully saturated rings. The molecule has 0 bridgehead atoms. The van der Waals surface area contributed by atoms with E-state index in [0.29, 0.717) is 22.9 Å². The zero-order valence-corrected chi connectivity index (χ0v) is 19.0. The predicted octanol–water partition coefficient (Wildman–Crippen LogP) is 6.37. The zero-order chi connectivity index (χ0) is 22.4. The lowest BCUT2D eigenvalue weighted by molar-refractivity contribution is 0.0955. The molecule has 0 saturated carbocycles. The van der Waals surface area contributed by atoms with Crippen LogP contribution in [0.1, 0.15) is 54.7 Å². The Morgan fingerprint density at radius 1 is 0.903 bits per heavy atom. The Hall–Kier alpha value is -3.11. The summed E-state index contributed by atoms with van der Waals surface area (Å²) in [5, 5.41) is 4.94. The molecule has 1 N–H and O–H groups in total. The standard InChI is InChI=1S/C26H27ClN2O2/c1-18(20-7-11-22(12-8-20)26(2,3)4)28-29-25(30)21-9-15-24(16-10-21)31-17-19-5-13-23(27)14-6-19/h5-16H,17H2,1-4H3,(H,29,30)/b28-18+. The third-order valence-corrected chi connectivity index (χ3v) is 5.18. The molecule has 3 aromatic rings. The van der Waals surface area contributed by atoms with Crippen molar-refractivity contribution in [2.24, 2.45) is 5.10 Å². The average molecular weight is 435 g/mol. The smallest absolute Gasteiger partial charge is 0.271 e. The van der Waals surface area contributed by atoms with E-state index in [-0.39, 0.29) is 11.3 Å². The predicted molar refractivity (Wildman–Crippen MR) is 127 cm³/mol. The van der Waals surface area contributed by atoms with Crippen LogP contribution in [0.25, 0.3) is 0 Å². The summed E-state index contributed by atoms with van der Waals surface area (Å²) in [5.41, 5.74) is 7.23. The molecule has 0 unspecified atom stereocenters. The number of nitrogens with zero attached hydrogens (tertiary/aromatic N) is 1. The Kier molecular flexibility index (Phi) is 7.13. The van der Waals surface area contributed by atoms with Crippen LogP contribution in [0.5, 0.6) is 5.75 Å². The van der Waals surface area contributed by atoms with E-state index < -0.39 is 0 Å². The maximum atomic E-state index is 12.4. The first-order valence-electron chi connectivity index (χ1n) is 10.2. The summed E-state index contributed by atoms with van der Waals surface area (Å²) in [5.74, 6) is 0.417. The highest BCUT2D eigenvalue weighted by Gasteiger charge is 2.13. The molecule has 0 atom stereocenters. The van der Waals surface area contributed by atoms with E-state index in [0.717, 1.165) is 16.8 Å². The van der Waals surface area contributed by atoms with Crippen LogP contribution in [0.15, 0.2) is 77.9 Å². The monoisotopic (exact) mass is 434 g/mol. The van der Waals surface area contributed by atoms with Crippen molar-refractivity contribution in [3.8, 4) is 5.75 Å². The summed E-state index contributed by atoms with van der Waals surface area (Å²) in [7, 11) is 0. The van der Waals surface area contributed by atoms with Crippen molar-refractivity contribution >= 4 is 23.2 Å². The minimum atomic E-state index is -0.269. The van der Waals surface area contributed by atoms with Crippen molar-refractivity contribution in [2.75, 3.05) is 0 Å². The molecule has 31 heavy (non-hydrogen) atoms. The Labute approximate surface area is 188 Å². The maximum absolute atomic E-state index is 12.4. The van der Waals surface area contributed by atoms with Gasteiger partial charge in [0.1, 0.15) is 12.4 Å². The summed E-state index contributed by atoms with van der Waals surface area (Å²) in [4.78, 5) is 12.4. The number of rotatable bonds is 6. The van der Waals surface area contributed by atoms with E-state index >= 15 is 0 Å². The number of benzene rings is 3. The summed E-state index contributed by atoms with van der Waals surface area (Å²) in [6.07, 6.45) is 0. The van der Waals surface area contributed by atoms with Crippen LogP contribution in [0, 0.1) is 0 Å². The van der Waals surface area contributed by atoms with Gasteiger partial charge in [0, 0.05) is 10.6 Å². The lowest BCUT2D eigenvalue weighted by Gasteiger charge is -2.19. The molecule has 0 aliphatic carbocycles. The summed E-state index contributed by atoms with van der Waals surface area (Å²) >= 11 is 5.89. The second kappa shape index (κ2) is 9.80. The number of ether oxygens (including phenoxy) is 1. The molecule has 160 valence electrons. The molecule has 0 aromatic heterocycles. The molecule has 0 aliphatic heterocycles. The van der Waals surface area contributed by atoms with E-state index in [2.05, 4.69) is 43.4 Å². The molecule has 0 saturated heterocycles. The largest absolute Gasteiger partial charge is 0.489 e. The first-order chi connectivity index (χ1) is 14.7. The van der Waals surface area contributed by atoms with Crippen LogP contribution in [-0.2, 0) is 12.0 Å². The molecule has 0 spiro atoms. The van der Waals surface area contributed by atoms with E-state index in [1.807, 2.05) is 43.3 Å². The van der Waals surface area contributed by atoms with Crippen LogP contribution in [-0.4, -0.2) is 11.6 Å². The lowest BCUT2D eigenvalue weighted by atomic mass is 9.86. The molecule has 0 heterocycles. The fourth-order valence-corrected chi connectivity index (χ4v) is 3.05. The van der Waals surface area contributed by atoms with Crippen molar-refractivity contribution in [3.05, 3.63) is 100 Å². The van der Waals surface area contributed by atoms with Crippen LogP contribution in [0.4, 0.5) is 0 Å². The van der Waals surface area contributed by atoms with Gasteiger partial charge in [0.05, 0.1) is 5.71 Å². The van der Waals surface area contributed by atoms with E-state index in [1.165, 1.54) is 5.56 Å². The summed E-state index contributed by atoms with van der Waals surface area (Å²) in [6, 6.07) is 22.7. The summed E-state index contributed by atoms with van der Waals surface area (Å²) in [6.45, 7) is 8.84. The van der Waals surface area contributed by atoms with Crippen LogP contribution in [0.3, 0.4) is 0 Å². The Balaban J connectivity index is 1.56. The van der Waals surface area contributed by atoms with E-state index in [9.17, 15) is 4.79 Å². The minimum absolute atomic E-state index is 0.0997. The van der Waals surface area contributed by atoms with Gasteiger partial charge in [0.25, 0.3) is 5.91 Å². The molecular weight excluding hydrogens is 408 g/mol. The van der Waals surface area contributed by atoms with E-state index in [1.54, 1.807) is 24.3 Å². The quantitative estimate of drug-likeness (QED) is 0.362. The Morgan fingerprint density at radius 3 is 2.06 bits per heavy atom. The Morgan fingerprint density at radius 2 is 1.48 bits per heavy atom. The molecule has 4 nitrogen and oxygen atoms in total. The number of carbonyl (C=O) groups excluding carboxylic acids is 1. The number of amides is 1. The fourth-order valence-electron chi connectivity index (χ4n) is 2.92. The van der Waals surface area contributed by atoms with Gasteiger partial charge in [-0.2, -0.15) is 5.10 Å². The molecule has 3 rings (SSSR count). The van der Waals surface area contributed by atoms with Gasteiger partial charge < -0.3 is 4.74 Å². The molecular formula is C26H27ClN2O2. The van der Waals surface area contributed by atoms with Gasteiger partial charge in [-0.25, -0.2) is 5.43 Å². The van der Waals surface area contributed by atoms with Crippen molar-refractivity contribution in [1.29, 1.82) is 0 Å². The molecule has 3 aromatic carbocycles. The SMILES string of the molecule is C/C(=N\NC(=O)c1ccc(OCc2ccc(Cl)cc2)cc1)c1ccc(C(C)(C)C)cc1. The van der Waals surface area contributed by atoms with Gasteiger partial charge in [-0.15, -0.1) is 0 Å². The topological polar surface area (TPSA) is 50.7 Å². The van der Waals surface area contributed by atoms with Crippen molar-refractivity contribution in [1.82, 2.24) is 5.43 Å². The molecule has 0 radical (unpaired) electrons. The second-order valence-electron chi connectivity index (χ2n) is 8.41. The molecule has 1 amide bonds. The second-order valence-corrected chi connectivity index (χ2v) is 8.84. The van der Waals surface area contributed by atoms with Crippen LogP contribution >= 0.6 is 11.6 Å². The molecule has 5 heteroatoms. The van der Waals surface area contributed by atoms with Crippen LogP contribution in [0.2, 0.25) is 5.02 Å². The average Bonchev–Trinajstić information content (AvgIpc) is 2.76. The Bertz CT molecular complexity index is 1050. The fraction of sp³-hybridized carbons (Fsp3) is 0.231. The first kappa shape index (κ1) is 22.6. The van der Waals surface area contributed by atoms with Gasteiger partial charge in [-0.1, -0.05) is 68.8 Å². The van der Waals surface area contributed by atoms with E-state index in [4.69, 9.17) is 16.3 Å². The van der Waals surface area contributed by atoms with Gasteiger partial charge in [-0.3, -0.25) is 4.79 Å². The lowest BCUT2D eigenvalue weighted by Crippen LogP contribution is -2.19. The number of halogens is 1. The number of hydrogen-bond donors (Lipinski definition) is 1.